The third-order valence-corrected chi connectivity index (χ3v) is 5.58. The third kappa shape index (κ3) is 3.14. The Hall–Kier alpha value is -3.22. The van der Waals surface area contributed by atoms with Crippen LogP contribution in [-0.4, -0.2) is 39.9 Å². The van der Waals surface area contributed by atoms with Crippen LogP contribution in [0.25, 0.3) is 22.0 Å². The summed E-state index contributed by atoms with van der Waals surface area (Å²) in [6.07, 6.45) is 0. The highest BCUT2D eigenvalue weighted by Crippen LogP contribution is 2.44. The Labute approximate surface area is 172 Å². The van der Waals surface area contributed by atoms with E-state index in [2.05, 4.69) is 4.98 Å². The molecule has 5 nitrogen and oxygen atoms in total. The zero-order valence-electron chi connectivity index (χ0n) is 16.9. The molecule has 1 aromatic heterocycles. The topological polar surface area (TPSA) is 73.7 Å². The van der Waals surface area contributed by atoms with E-state index in [1.807, 2.05) is 13.8 Å². The molecule has 30 heavy (non-hydrogen) atoms. The van der Waals surface area contributed by atoms with Gasteiger partial charge < -0.3 is 15.1 Å². The first-order chi connectivity index (χ1) is 14.1. The Bertz CT molecular complexity index is 1170. The van der Waals surface area contributed by atoms with Crippen LogP contribution in [0.4, 0.5) is 14.6 Å². The Kier molecular flexibility index (Phi) is 4.64. The van der Waals surface area contributed by atoms with Crippen LogP contribution < -0.4 is 4.90 Å². The van der Waals surface area contributed by atoms with E-state index in [9.17, 15) is 18.7 Å². The summed E-state index contributed by atoms with van der Waals surface area (Å²) in [6, 6.07) is 9.68. The number of phenolic OH excluding ortho intramolecular Hbond substituents is 1. The van der Waals surface area contributed by atoms with Crippen molar-refractivity contribution < 1.29 is 23.8 Å². The fourth-order valence-electron chi connectivity index (χ4n) is 4.00. The Balaban J connectivity index is 2.00. The van der Waals surface area contributed by atoms with Gasteiger partial charge in [-0.1, -0.05) is 19.9 Å². The molecule has 0 bridgehead atoms. The first-order valence-corrected chi connectivity index (χ1v) is 9.71. The van der Waals surface area contributed by atoms with Gasteiger partial charge >= 0.3 is 5.97 Å². The SMILES string of the molecule is Cc1cc(-c2c(C(C)C)c(N3CC(F)(C(=O)O)C3)nc3cc(O)ccc23)ccc1F. The number of fused-ring (bicyclic) bond motifs is 1. The Morgan fingerprint density at radius 1 is 1.20 bits per heavy atom. The van der Waals surface area contributed by atoms with Crippen LogP contribution in [0.15, 0.2) is 36.4 Å². The fraction of sp³-hybridized carbons (Fsp3) is 0.304. The summed E-state index contributed by atoms with van der Waals surface area (Å²) in [5, 5.41) is 19.9. The predicted molar refractivity (Wildman–Crippen MR) is 111 cm³/mol. The van der Waals surface area contributed by atoms with E-state index in [-0.39, 0.29) is 30.6 Å². The minimum atomic E-state index is -2.31. The molecule has 0 radical (unpaired) electrons. The van der Waals surface area contributed by atoms with Gasteiger partial charge in [-0.05, 0) is 53.8 Å². The molecule has 0 saturated carbocycles. The van der Waals surface area contributed by atoms with Gasteiger partial charge in [0.1, 0.15) is 17.4 Å². The first-order valence-electron chi connectivity index (χ1n) is 9.71. The maximum absolute atomic E-state index is 14.4. The minimum absolute atomic E-state index is 0.0227. The number of carbonyl (C=O) groups is 1. The lowest BCUT2D eigenvalue weighted by molar-refractivity contribution is -0.152. The molecule has 156 valence electrons. The molecule has 7 heteroatoms. The van der Waals surface area contributed by atoms with Crippen LogP contribution in [0.2, 0.25) is 0 Å². The van der Waals surface area contributed by atoms with Crippen LogP contribution >= 0.6 is 0 Å². The number of carboxylic acid groups (broad SMARTS) is 1. The first kappa shape index (κ1) is 20.1. The van der Waals surface area contributed by atoms with E-state index in [4.69, 9.17) is 5.11 Å². The number of benzene rings is 2. The molecule has 4 rings (SSSR count). The van der Waals surface area contributed by atoms with Gasteiger partial charge in [-0.25, -0.2) is 18.6 Å². The maximum atomic E-state index is 14.4. The minimum Gasteiger partial charge on any atom is -0.508 e. The van der Waals surface area contributed by atoms with Crippen LogP contribution in [0.1, 0.15) is 30.9 Å². The molecule has 2 heterocycles. The van der Waals surface area contributed by atoms with Crippen LogP contribution in [-0.2, 0) is 4.79 Å². The van der Waals surface area contributed by atoms with Crippen molar-refractivity contribution in [2.45, 2.75) is 32.4 Å². The van der Waals surface area contributed by atoms with Crippen molar-refractivity contribution in [3.63, 3.8) is 0 Å². The average Bonchev–Trinajstić information content (AvgIpc) is 2.65. The molecule has 0 amide bonds. The zero-order chi connectivity index (χ0) is 21.8. The van der Waals surface area contributed by atoms with E-state index >= 15 is 0 Å². The highest BCUT2D eigenvalue weighted by atomic mass is 19.1. The number of nitrogens with zero attached hydrogens (tertiary/aromatic N) is 2. The molecular formula is C23H22F2N2O3. The number of halogens is 2. The van der Waals surface area contributed by atoms with Gasteiger partial charge in [-0.2, -0.15) is 0 Å². The number of rotatable bonds is 4. The van der Waals surface area contributed by atoms with Gasteiger partial charge in [0.25, 0.3) is 0 Å². The number of aromatic nitrogens is 1. The monoisotopic (exact) mass is 412 g/mol. The summed E-state index contributed by atoms with van der Waals surface area (Å²) >= 11 is 0. The lowest BCUT2D eigenvalue weighted by atomic mass is 9.87. The molecule has 2 N–H and O–H groups in total. The number of pyridine rings is 1. The van der Waals surface area contributed by atoms with E-state index in [1.54, 1.807) is 36.1 Å². The standard InChI is InChI=1S/C23H22F2N2O3/c1-12(2)19-20(14-4-7-17(24)13(3)8-14)16-6-5-15(28)9-18(16)26-21(19)27-10-23(25,11-27)22(29)30/h4-9,12,28H,10-11H2,1-3H3,(H,29,30). The van der Waals surface area contributed by atoms with Crippen molar-refractivity contribution in [1.82, 2.24) is 4.98 Å². The predicted octanol–water partition coefficient (Wildman–Crippen LogP) is 4.79. The van der Waals surface area contributed by atoms with Crippen molar-refractivity contribution in [2.24, 2.45) is 0 Å². The lowest BCUT2D eigenvalue weighted by Gasteiger charge is -2.43. The number of aryl methyl sites for hydroxylation is 1. The maximum Gasteiger partial charge on any atom is 0.345 e. The molecule has 0 atom stereocenters. The lowest BCUT2D eigenvalue weighted by Crippen LogP contribution is -2.64. The highest BCUT2D eigenvalue weighted by molar-refractivity contribution is 6.00. The highest BCUT2D eigenvalue weighted by Gasteiger charge is 2.51. The molecule has 1 fully saturated rings. The van der Waals surface area contributed by atoms with E-state index in [0.717, 1.165) is 22.1 Å². The molecular weight excluding hydrogens is 390 g/mol. The van der Waals surface area contributed by atoms with Crippen molar-refractivity contribution in [3.8, 4) is 16.9 Å². The molecule has 0 spiro atoms. The number of phenols is 1. The second-order valence-corrected chi connectivity index (χ2v) is 8.17. The van der Waals surface area contributed by atoms with Crippen molar-refractivity contribution in [3.05, 3.63) is 53.3 Å². The molecule has 1 aliphatic heterocycles. The summed E-state index contributed by atoms with van der Waals surface area (Å²) < 4.78 is 28.4. The van der Waals surface area contributed by atoms with Gasteiger partial charge in [-0.15, -0.1) is 0 Å². The molecule has 0 aliphatic carbocycles. The van der Waals surface area contributed by atoms with Gasteiger partial charge in [0.05, 0.1) is 18.6 Å². The quantitative estimate of drug-likeness (QED) is 0.645. The summed E-state index contributed by atoms with van der Waals surface area (Å²) in [7, 11) is 0. The van der Waals surface area contributed by atoms with Gasteiger partial charge in [0, 0.05) is 17.0 Å². The van der Waals surface area contributed by atoms with E-state index in [1.165, 1.54) is 12.1 Å². The van der Waals surface area contributed by atoms with Crippen LogP contribution in [0, 0.1) is 12.7 Å². The number of alkyl halides is 1. The van der Waals surface area contributed by atoms with Gasteiger partial charge in [0.2, 0.25) is 5.67 Å². The van der Waals surface area contributed by atoms with E-state index in [0.29, 0.717) is 16.9 Å². The number of hydrogen-bond acceptors (Lipinski definition) is 4. The second kappa shape index (κ2) is 6.93. The van der Waals surface area contributed by atoms with Crippen LogP contribution in [0.3, 0.4) is 0 Å². The van der Waals surface area contributed by atoms with Crippen LogP contribution in [0.5, 0.6) is 5.75 Å². The largest absolute Gasteiger partial charge is 0.508 e. The zero-order valence-corrected chi connectivity index (χ0v) is 16.9. The van der Waals surface area contributed by atoms with Gasteiger partial charge in [0.15, 0.2) is 0 Å². The van der Waals surface area contributed by atoms with E-state index < -0.39 is 11.6 Å². The number of carboxylic acids is 1. The van der Waals surface area contributed by atoms with Crippen molar-refractivity contribution in [1.29, 1.82) is 0 Å². The summed E-state index contributed by atoms with van der Waals surface area (Å²) in [6.45, 7) is 5.03. The molecule has 0 unspecified atom stereocenters. The molecule has 2 aromatic carbocycles. The molecule has 1 aliphatic rings. The average molecular weight is 412 g/mol. The number of hydrogen-bond donors (Lipinski definition) is 2. The summed E-state index contributed by atoms with van der Waals surface area (Å²) in [5.41, 5.74) is 1.10. The Morgan fingerprint density at radius 2 is 1.90 bits per heavy atom. The molecule has 1 saturated heterocycles. The number of anilines is 1. The van der Waals surface area contributed by atoms with Crippen molar-refractivity contribution >= 4 is 22.7 Å². The number of aromatic hydroxyl groups is 1. The Morgan fingerprint density at radius 3 is 2.50 bits per heavy atom. The molecule has 3 aromatic rings. The fourth-order valence-corrected chi connectivity index (χ4v) is 4.00. The second-order valence-electron chi connectivity index (χ2n) is 8.17. The smallest absolute Gasteiger partial charge is 0.345 e. The summed E-state index contributed by atoms with van der Waals surface area (Å²) in [5.74, 6) is -1.31. The van der Waals surface area contributed by atoms with Gasteiger partial charge in [-0.3, -0.25) is 0 Å². The summed E-state index contributed by atoms with van der Waals surface area (Å²) in [4.78, 5) is 17.5. The number of aliphatic carboxylic acids is 1. The van der Waals surface area contributed by atoms with Crippen molar-refractivity contribution in [2.75, 3.05) is 18.0 Å². The normalized spacial score (nSPS) is 15.5. The third-order valence-electron chi connectivity index (χ3n) is 5.58.